The highest BCUT2D eigenvalue weighted by Crippen LogP contribution is 2.27. The molecule has 0 radical (unpaired) electrons. The van der Waals surface area contributed by atoms with Gasteiger partial charge in [0.25, 0.3) is 0 Å². The van der Waals surface area contributed by atoms with E-state index >= 15 is 0 Å². The van der Waals surface area contributed by atoms with Gasteiger partial charge in [-0.3, -0.25) is 4.79 Å². The van der Waals surface area contributed by atoms with Crippen molar-refractivity contribution in [2.75, 3.05) is 19.9 Å². The maximum absolute atomic E-state index is 12.9. The summed E-state index contributed by atoms with van der Waals surface area (Å²) in [6, 6.07) is 19.9. The maximum atomic E-state index is 12.9. The first-order valence-corrected chi connectivity index (χ1v) is 7.32. The minimum atomic E-state index is -0.255. The summed E-state index contributed by atoms with van der Waals surface area (Å²) in [6.45, 7) is 1.91. The molecule has 1 amide bonds. The van der Waals surface area contributed by atoms with Gasteiger partial charge in [0.2, 0.25) is 5.91 Å². The second-order valence-electron chi connectivity index (χ2n) is 5.25. The van der Waals surface area contributed by atoms with Crippen molar-refractivity contribution in [2.45, 2.75) is 12.3 Å². The van der Waals surface area contributed by atoms with E-state index in [9.17, 15) is 4.79 Å². The van der Waals surface area contributed by atoms with Gasteiger partial charge in [0.1, 0.15) is 6.73 Å². The summed E-state index contributed by atoms with van der Waals surface area (Å²) >= 11 is 0. The molecule has 0 atom stereocenters. The molecule has 3 nitrogen and oxygen atoms in total. The minimum Gasteiger partial charge on any atom is -0.361 e. The Morgan fingerprint density at radius 1 is 0.952 bits per heavy atom. The van der Waals surface area contributed by atoms with Crippen LogP contribution >= 0.6 is 0 Å². The van der Waals surface area contributed by atoms with Gasteiger partial charge in [0.15, 0.2) is 0 Å². The molecule has 0 bridgehead atoms. The number of hydrogen-bond donors (Lipinski definition) is 0. The lowest BCUT2D eigenvalue weighted by atomic mass is 9.90. The summed E-state index contributed by atoms with van der Waals surface area (Å²) in [7, 11) is 0. The van der Waals surface area contributed by atoms with Gasteiger partial charge >= 0.3 is 0 Å². The SMILES string of the molecule is O=C(C(c1ccccc1)c1ccccc1)N1CCCOC1. The van der Waals surface area contributed by atoms with E-state index in [1.165, 1.54) is 0 Å². The van der Waals surface area contributed by atoms with E-state index in [0.29, 0.717) is 6.73 Å². The molecule has 0 unspecified atom stereocenters. The third kappa shape index (κ3) is 3.14. The Morgan fingerprint density at radius 2 is 1.52 bits per heavy atom. The van der Waals surface area contributed by atoms with Crippen molar-refractivity contribution in [2.24, 2.45) is 0 Å². The standard InChI is InChI=1S/C18H19NO2/c20-18(19-12-7-13-21-14-19)17(15-8-3-1-4-9-15)16-10-5-2-6-11-16/h1-6,8-11,17H,7,12-14H2. The van der Waals surface area contributed by atoms with E-state index in [0.717, 1.165) is 30.7 Å². The number of ether oxygens (including phenoxy) is 1. The number of carbonyl (C=O) groups excluding carboxylic acids is 1. The van der Waals surface area contributed by atoms with Crippen molar-refractivity contribution in [1.29, 1.82) is 0 Å². The van der Waals surface area contributed by atoms with Crippen LogP contribution < -0.4 is 0 Å². The van der Waals surface area contributed by atoms with Gasteiger partial charge in [0.05, 0.1) is 12.5 Å². The molecule has 1 heterocycles. The summed E-state index contributed by atoms with van der Waals surface area (Å²) in [6.07, 6.45) is 0.905. The van der Waals surface area contributed by atoms with Gasteiger partial charge in [-0.1, -0.05) is 60.7 Å². The van der Waals surface area contributed by atoms with Crippen molar-refractivity contribution < 1.29 is 9.53 Å². The van der Waals surface area contributed by atoms with Crippen LogP contribution in [0.25, 0.3) is 0 Å². The highest BCUT2D eigenvalue weighted by atomic mass is 16.5. The summed E-state index contributed by atoms with van der Waals surface area (Å²) in [5.41, 5.74) is 2.05. The molecule has 21 heavy (non-hydrogen) atoms. The number of carbonyl (C=O) groups is 1. The van der Waals surface area contributed by atoms with Gasteiger partial charge in [-0.2, -0.15) is 0 Å². The van der Waals surface area contributed by atoms with Crippen LogP contribution in [0.4, 0.5) is 0 Å². The zero-order chi connectivity index (χ0) is 14.5. The van der Waals surface area contributed by atoms with Crippen LogP contribution in [0.2, 0.25) is 0 Å². The maximum Gasteiger partial charge on any atom is 0.236 e. The molecular weight excluding hydrogens is 262 g/mol. The number of nitrogens with zero attached hydrogens (tertiary/aromatic N) is 1. The molecule has 1 aliphatic rings. The smallest absolute Gasteiger partial charge is 0.236 e. The Bertz CT molecular complexity index is 537. The van der Waals surface area contributed by atoms with Gasteiger partial charge in [-0.25, -0.2) is 0 Å². The van der Waals surface area contributed by atoms with E-state index in [2.05, 4.69) is 0 Å². The van der Waals surface area contributed by atoms with Gasteiger partial charge in [-0.15, -0.1) is 0 Å². The molecule has 1 aliphatic heterocycles. The molecule has 108 valence electrons. The predicted molar refractivity (Wildman–Crippen MR) is 81.9 cm³/mol. The highest BCUT2D eigenvalue weighted by Gasteiger charge is 2.28. The molecule has 0 N–H and O–H groups in total. The van der Waals surface area contributed by atoms with Crippen molar-refractivity contribution in [3.05, 3.63) is 71.8 Å². The molecule has 0 aliphatic carbocycles. The molecule has 3 rings (SSSR count). The average molecular weight is 281 g/mol. The number of amides is 1. The van der Waals surface area contributed by atoms with Gasteiger partial charge in [-0.05, 0) is 17.5 Å². The fourth-order valence-electron chi connectivity index (χ4n) is 2.72. The monoisotopic (exact) mass is 281 g/mol. The van der Waals surface area contributed by atoms with Crippen LogP contribution in [0.15, 0.2) is 60.7 Å². The molecule has 3 heteroatoms. The molecule has 2 aromatic rings. The lowest BCUT2D eigenvalue weighted by molar-refractivity contribution is -0.141. The van der Waals surface area contributed by atoms with E-state index in [4.69, 9.17) is 4.74 Å². The summed E-state index contributed by atoms with van der Waals surface area (Å²) in [5, 5.41) is 0. The summed E-state index contributed by atoms with van der Waals surface area (Å²) in [4.78, 5) is 14.8. The van der Waals surface area contributed by atoms with E-state index < -0.39 is 0 Å². The Morgan fingerprint density at radius 3 is 2.00 bits per heavy atom. The zero-order valence-electron chi connectivity index (χ0n) is 11.9. The van der Waals surface area contributed by atoms with Crippen molar-refractivity contribution in [3.63, 3.8) is 0 Å². The average Bonchev–Trinajstić information content (AvgIpc) is 2.58. The zero-order valence-corrected chi connectivity index (χ0v) is 11.9. The van der Waals surface area contributed by atoms with Crippen LogP contribution in [0, 0.1) is 0 Å². The Kier molecular flexibility index (Phi) is 4.31. The third-order valence-electron chi connectivity index (χ3n) is 3.79. The van der Waals surface area contributed by atoms with E-state index in [1.54, 1.807) is 0 Å². The molecule has 1 saturated heterocycles. The van der Waals surface area contributed by atoms with E-state index in [-0.39, 0.29) is 11.8 Å². The largest absolute Gasteiger partial charge is 0.361 e. The third-order valence-corrected chi connectivity index (χ3v) is 3.79. The van der Waals surface area contributed by atoms with Crippen LogP contribution in [0.5, 0.6) is 0 Å². The number of hydrogen-bond acceptors (Lipinski definition) is 2. The quantitative estimate of drug-likeness (QED) is 0.865. The van der Waals surface area contributed by atoms with Crippen molar-refractivity contribution >= 4 is 5.91 Å². The second kappa shape index (κ2) is 6.55. The summed E-state index contributed by atoms with van der Waals surface area (Å²) in [5.74, 6) is -0.138. The molecule has 0 aromatic heterocycles. The molecular formula is C18H19NO2. The normalized spacial score (nSPS) is 15.2. The lowest BCUT2D eigenvalue weighted by Gasteiger charge is -2.30. The fraction of sp³-hybridized carbons (Fsp3) is 0.278. The van der Waals surface area contributed by atoms with Crippen molar-refractivity contribution in [3.8, 4) is 0 Å². The van der Waals surface area contributed by atoms with Crippen LogP contribution in [0.1, 0.15) is 23.5 Å². The second-order valence-corrected chi connectivity index (χ2v) is 5.25. The minimum absolute atomic E-state index is 0.118. The van der Waals surface area contributed by atoms with Gasteiger partial charge in [0, 0.05) is 6.54 Å². The first-order valence-electron chi connectivity index (χ1n) is 7.32. The lowest BCUT2D eigenvalue weighted by Crippen LogP contribution is -2.41. The molecule has 1 fully saturated rings. The molecule has 2 aromatic carbocycles. The predicted octanol–water partition coefficient (Wildman–Crippen LogP) is 3.02. The summed E-state index contributed by atoms with van der Waals surface area (Å²) < 4.78 is 5.43. The first-order chi connectivity index (χ1) is 10.4. The van der Waals surface area contributed by atoms with E-state index in [1.807, 2.05) is 65.6 Å². The molecule has 0 spiro atoms. The van der Waals surface area contributed by atoms with Crippen molar-refractivity contribution in [1.82, 2.24) is 4.90 Å². The first kappa shape index (κ1) is 13.8. The Hall–Kier alpha value is -2.13. The fourth-order valence-corrected chi connectivity index (χ4v) is 2.72. The van der Waals surface area contributed by atoms with Crippen LogP contribution in [-0.4, -0.2) is 30.7 Å². The van der Waals surface area contributed by atoms with Crippen LogP contribution in [-0.2, 0) is 9.53 Å². The number of benzene rings is 2. The topological polar surface area (TPSA) is 29.5 Å². The Labute approximate surface area is 125 Å². The molecule has 0 saturated carbocycles. The number of rotatable bonds is 3. The van der Waals surface area contributed by atoms with Crippen LogP contribution in [0.3, 0.4) is 0 Å². The van der Waals surface area contributed by atoms with Gasteiger partial charge < -0.3 is 9.64 Å². The Balaban J connectivity index is 1.94. The highest BCUT2D eigenvalue weighted by molar-refractivity contribution is 5.87.